The van der Waals surface area contributed by atoms with Gasteiger partial charge in [-0.2, -0.15) is 0 Å². The summed E-state index contributed by atoms with van der Waals surface area (Å²) in [6.45, 7) is 1.99. The summed E-state index contributed by atoms with van der Waals surface area (Å²) in [6.07, 6.45) is 20.2. The minimum absolute atomic E-state index is 0.167. The average Bonchev–Trinajstić information content (AvgIpc) is 2.68. The van der Waals surface area contributed by atoms with Gasteiger partial charge in [0.2, 0.25) is 11.8 Å². The van der Waals surface area contributed by atoms with Crippen molar-refractivity contribution in [3.8, 4) is 0 Å². The first-order valence-electron chi connectivity index (χ1n) is 11.2. The highest BCUT2D eigenvalue weighted by atomic mass is 16.2. The van der Waals surface area contributed by atoms with Gasteiger partial charge in [-0.15, -0.1) is 0 Å². The summed E-state index contributed by atoms with van der Waals surface area (Å²) in [5.74, 6) is 0.556. The molecule has 26 heavy (non-hydrogen) atoms. The van der Waals surface area contributed by atoms with E-state index in [0.29, 0.717) is 12.3 Å². The van der Waals surface area contributed by atoms with Gasteiger partial charge in [-0.1, -0.05) is 64.2 Å². The Morgan fingerprint density at radius 2 is 1.08 bits per heavy atom. The second-order valence-electron chi connectivity index (χ2n) is 7.86. The van der Waals surface area contributed by atoms with Crippen molar-refractivity contribution in [1.82, 2.24) is 10.2 Å². The fraction of sp³-hybridized carbons (Fsp3) is 0.909. The Balaban J connectivity index is 1.75. The molecular formula is C22H42N2O2. The second kappa shape index (κ2) is 16.1. The van der Waals surface area contributed by atoms with Crippen LogP contribution in [0.25, 0.3) is 0 Å². The first-order chi connectivity index (χ1) is 12.7. The van der Waals surface area contributed by atoms with Gasteiger partial charge in [0, 0.05) is 33.0 Å². The molecule has 0 radical (unpaired) electrons. The van der Waals surface area contributed by atoms with E-state index in [-0.39, 0.29) is 5.91 Å². The Morgan fingerprint density at radius 1 is 0.654 bits per heavy atom. The smallest absolute Gasteiger partial charge is 0.222 e. The maximum atomic E-state index is 12.1. The van der Waals surface area contributed by atoms with Crippen molar-refractivity contribution in [2.45, 2.75) is 109 Å². The number of carbonyl (C=O) groups excluding carboxylic acids is 2. The number of hydrogen-bond acceptors (Lipinski definition) is 2. The van der Waals surface area contributed by atoms with E-state index >= 15 is 0 Å². The molecule has 4 heteroatoms. The summed E-state index contributed by atoms with van der Waals surface area (Å²) in [6, 6.07) is 0. The van der Waals surface area contributed by atoms with Gasteiger partial charge in [0.15, 0.2) is 0 Å². The molecule has 0 aliphatic carbocycles. The van der Waals surface area contributed by atoms with Crippen LogP contribution in [0.15, 0.2) is 0 Å². The highest BCUT2D eigenvalue weighted by Gasteiger charge is 2.15. The van der Waals surface area contributed by atoms with E-state index in [0.717, 1.165) is 32.4 Å². The molecule has 1 fully saturated rings. The van der Waals surface area contributed by atoms with Crippen LogP contribution in [0.4, 0.5) is 0 Å². The van der Waals surface area contributed by atoms with Crippen molar-refractivity contribution in [2.24, 2.45) is 0 Å². The summed E-state index contributed by atoms with van der Waals surface area (Å²) in [4.78, 5) is 25.2. The molecule has 1 N–H and O–H groups in total. The molecule has 0 aromatic carbocycles. The Kier molecular flexibility index (Phi) is 14.3. The molecule has 2 amide bonds. The Morgan fingerprint density at radius 3 is 1.54 bits per heavy atom. The largest absolute Gasteiger partial charge is 0.359 e. The van der Waals surface area contributed by atoms with Gasteiger partial charge < -0.3 is 10.2 Å². The van der Waals surface area contributed by atoms with Crippen molar-refractivity contribution >= 4 is 11.8 Å². The SMILES string of the molecule is CNC(=O)CCCCCCCCCCCCCCC(=O)N1CCCCC1. The molecule has 0 unspecified atom stereocenters. The topological polar surface area (TPSA) is 49.4 Å². The molecular weight excluding hydrogens is 324 g/mol. The zero-order valence-corrected chi connectivity index (χ0v) is 17.2. The molecule has 0 bridgehead atoms. The number of likely N-dealkylation sites (tertiary alicyclic amines) is 1. The van der Waals surface area contributed by atoms with Crippen molar-refractivity contribution in [2.75, 3.05) is 20.1 Å². The van der Waals surface area contributed by atoms with Crippen LogP contribution in [-0.2, 0) is 9.59 Å². The number of nitrogens with zero attached hydrogens (tertiary/aromatic N) is 1. The predicted molar refractivity (Wildman–Crippen MR) is 109 cm³/mol. The van der Waals surface area contributed by atoms with Crippen LogP contribution in [0.5, 0.6) is 0 Å². The van der Waals surface area contributed by atoms with Gasteiger partial charge >= 0.3 is 0 Å². The third kappa shape index (κ3) is 12.3. The highest BCUT2D eigenvalue weighted by molar-refractivity contribution is 5.76. The van der Waals surface area contributed by atoms with Crippen LogP contribution in [0.1, 0.15) is 109 Å². The average molecular weight is 367 g/mol. The van der Waals surface area contributed by atoms with Crippen LogP contribution in [0.2, 0.25) is 0 Å². The lowest BCUT2D eigenvalue weighted by Gasteiger charge is -2.26. The lowest BCUT2D eigenvalue weighted by atomic mass is 10.0. The number of nitrogens with one attached hydrogen (secondary N) is 1. The molecule has 4 nitrogen and oxygen atoms in total. The highest BCUT2D eigenvalue weighted by Crippen LogP contribution is 2.14. The van der Waals surface area contributed by atoms with Gasteiger partial charge in [0.1, 0.15) is 0 Å². The van der Waals surface area contributed by atoms with Gasteiger partial charge in [-0.25, -0.2) is 0 Å². The van der Waals surface area contributed by atoms with Crippen molar-refractivity contribution in [1.29, 1.82) is 0 Å². The molecule has 0 spiro atoms. The second-order valence-corrected chi connectivity index (χ2v) is 7.86. The summed E-state index contributed by atoms with van der Waals surface area (Å²) in [5.41, 5.74) is 0. The van der Waals surface area contributed by atoms with E-state index < -0.39 is 0 Å². The molecule has 1 heterocycles. The Bertz CT molecular complexity index is 365. The first kappa shape index (κ1) is 23.0. The molecule has 1 saturated heterocycles. The molecule has 0 atom stereocenters. The standard InChI is InChI=1S/C22H42N2O2/c1-23-21(25)17-13-10-8-6-4-2-3-5-7-9-11-14-18-22(26)24-19-15-12-16-20-24/h2-20H2,1H3,(H,23,25). The maximum absolute atomic E-state index is 12.1. The van der Waals surface area contributed by atoms with E-state index in [1.54, 1.807) is 7.05 Å². The molecule has 0 aromatic rings. The van der Waals surface area contributed by atoms with Gasteiger partial charge in [-0.3, -0.25) is 9.59 Å². The monoisotopic (exact) mass is 366 g/mol. The fourth-order valence-corrected chi connectivity index (χ4v) is 3.76. The van der Waals surface area contributed by atoms with Crippen molar-refractivity contribution in [3.63, 3.8) is 0 Å². The van der Waals surface area contributed by atoms with Gasteiger partial charge in [-0.05, 0) is 32.1 Å². The number of rotatable bonds is 15. The van der Waals surface area contributed by atoms with E-state index in [4.69, 9.17) is 0 Å². The van der Waals surface area contributed by atoms with E-state index in [1.807, 2.05) is 0 Å². The summed E-state index contributed by atoms with van der Waals surface area (Å²) in [7, 11) is 1.71. The maximum Gasteiger partial charge on any atom is 0.222 e. The Labute approximate surface area is 161 Å². The predicted octanol–water partition coefficient (Wildman–Crippen LogP) is 5.21. The molecule has 0 aromatic heterocycles. The van der Waals surface area contributed by atoms with Gasteiger partial charge in [0.05, 0.1) is 0 Å². The van der Waals surface area contributed by atoms with E-state index in [9.17, 15) is 9.59 Å². The van der Waals surface area contributed by atoms with Crippen LogP contribution in [-0.4, -0.2) is 36.9 Å². The molecule has 0 saturated carbocycles. The fourth-order valence-electron chi connectivity index (χ4n) is 3.76. The number of hydrogen-bond donors (Lipinski definition) is 1. The first-order valence-corrected chi connectivity index (χ1v) is 11.2. The summed E-state index contributed by atoms with van der Waals surface area (Å²) < 4.78 is 0. The third-order valence-corrected chi connectivity index (χ3v) is 5.53. The number of unbranched alkanes of at least 4 members (excludes halogenated alkanes) is 11. The van der Waals surface area contributed by atoms with Crippen LogP contribution >= 0.6 is 0 Å². The number of amides is 2. The number of piperidine rings is 1. The lowest BCUT2D eigenvalue weighted by molar-refractivity contribution is -0.132. The quantitative estimate of drug-likeness (QED) is 0.405. The van der Waals surface area contributed by atoms with Crippen molar-refractivity contribution < 1.29 is 9.59 Å². The molecule has 1 aliphatic rings. The lowest BCUT2D eigenvalue weighted by Crippen LogP contribution is -2.35. The summed E-state index contributed by atoms with van der Waals surface area (Å²) >= 11 is 0. The molecule has 1 aliphatic heterocycles. The van der Waals surface area contributed by atoms with Crippen molar-refractivity contribution in [3.05, 3.63) is 0 Å². The zero-order chi connectivity index (χ0) is 18.9. The van der Waals surface area contributed by atoms with Crippen LogP contribution < -0.4 is 5.32 Å². The minimum atomic E-state index is 0.167. The van der Waals surface area contributed by atoms with Crippen LogP contribution in [0.3, 0.4) is 0 Å². The number of carbonyl (C=O) groups is 2. The zero-order valence-electron chi connectivity index (χ0n) is 17.2. The third-order valence-electron chi connectivity index (χ3n) is 5.53. The molecule has 152 valence electrons. The van der Waals surface area contributed by atoms with Gasteiger partial charge in [0.25, 0.3) is 0 Å². The Hall–Kier alpha value is -1.06. The van der Waals surface area contributed by atoms with E-state index in [2.05, 4.69) is 10.2 Å². The van der Waals surface area contributed by atoms with E-state index in [1.165, 1.54) is 83.5 Å². The molecule has 1 rings (SSSR count). The minimum Gasteiger partial charge on any atom is -0.359 e. The summed E-state index contributed by atoms with van der Waals surface area (Å²) in [5, 5.41) is 2.67. The van der Waals surface area contributed by atoms with Crippen LogP contribution in [0, 0.1) is 0 Å². The normalized spacial score (nSPS) is 14.4.